The van der Waals surface area contributed by atoms with Crippen LogP contribution in [0.5, 0.6) is 5.75 Å². The minimum Gasteiger partial charge on any atom is -0.496 e. The van der Waals surface area contributed by atoms with Crippen LogP contribution in [0, 0.1) is 0 Å². The fourth-order valence-corrected chi connectivity index (χ4v) is 2.03. The third-order valence-corrected chi connectivity index (χ3v) is 3.04. The number of methoxy groups -OCH3 is 1. The fourth-order valence-electron chi connectivity index (χ4n) is 2.03. The molecule has 20 heavy (non-hydrogen) atoms. The normalized spacial score (nSPS) is 10.8. The van der Waals surface area contributed by atoms with Crippen LogP contribution in [0.4, 0.5) is 8.78 Å². The Kier molecular flexibility index (Phi) is 5.07. The zero-order valence-electron chi connectivity index (χ0n) is 11.3. The van der Waals surface area contributed by atoms with E-state index in [1.54, 1.807) is 13.2 Å². The average Bonchev–Trinajstić information content (AvgIpc) is 2.48. The topological polar surface area (TPSA) is 21.3 Å². The second kappa shape index (κ2) is 7.01. The maximum absolute atomic E-state index is 12.6. The lowest BCUT2D eigenvalue weighted by Crippen LogP contribution is -2.13. The highest BCUT2D eigenvalue weighted by molar-refractivity contribution is 5.33. The molecule has 4 heteroatoms. The summed E-state index contributed by atoms with van der Waals surface area (Å²) in [6, 6.07) is 14.2. The van der Waals surface area contributed by atoms with Crippen LogP contribution in [-0.4, -0.2) is 7.11 Å². The van der Waals surface area contributed by atoms with Crippen LogP contribution >= 0.6 is 0 Å². The van der Waals surface area contributed by atoms with Crippen molar-refractivity contribution >= 4 is 0 Å². The number of rotatable bonds is 6. The van der Waals surface area contributed by atoms with E-state index in [2.05, 4.69) is 5.32 Å². The van der Waals surface area contributed by atoms with Crippen molar-refractivity contribution in [3.63, 3.8) is 0 Å². The molecule has 2 rings (SSSR count). The molecule has 0 saturated carbocycles. The summed E-state index contributed by atoms with van der Waals surface area (Å²) in [5.74, 6) is 0.821. The van der Waals surface area contributed by atoms with E-state index in [1.807, 2.05) is 30.3 Å². The SMILES string of the molecule is COc1ccccc1CNCc1cccc(C(F)F)c1. The Morgan fingerprint density at radius 3 is 2.60 bits per heavy atom. The third kappa shape index (κ3) is 3.78. The smallest absolute Gasteiger partial charge is 0.263 e. The van der Waals surface area contributed by atoms with E-state index >= 15 is 0 Å². The van der Waals surface area contributed by atoms with Crippen LogP contribution in [0.2, 0.25) is 0 Å². The van der Waals surface area contributed by atoms with Crippen LogP contribution in [0.3, 0.4) is 0 Å². The minimum absolute atomic E-state index is 0.0570. The van der Waals surface area contributed by atoms with Crippen molar-refractivity contribution in [1.29, 1.82) is 0 Å². The molecule has 0 aromatic heterocycles. The van der Waals surface area contributed by atoms with Crippen LogP contribution < -0.4 is 10.1 Å². The molecule has 106 valence electrons. The molecule has 0 unspecified atom stereocenters. The van der Waals surface area contributed by atoms with Gasteiger partial charge in [-0.15, -0.1) is 0 Å². The van der Waals surface area contributed by atoms with Crippen LogP contribution in [0.1, 0.15) is 23.1 Å². The van der Waals surface area contributed by atoms with Gasteiger partial charge in [-0.1, -0.05) is 36.4 Å². The summed E-state index contributed by atoms with van der Waals surface area (Å²) in [4.78, 5) is 0. The minimum atomic E-state index is -2.43. The molecule has 2 nitrogen and oxygen atoms in total. The number of hydrogen-bond donors (Lipinski definition) is 1. The van der Waals surface area contributed by atoms with Crippen LogP contribution in [-0.2, 0) is 13.1 Å². The van der Waals surface area contributed by atoms with Gasteiger partial charge in [0.15, 0.2) is 0 Å². The van der Waals surface area contributed by atoms with Gasteiger partial charge in [-0.2, -0.15) is 0 Å². The second-order valence-corrected chi connectivity index (χ2v) is 4.46. The molecule has 0 bridgehead atoms. The molecule has 2 aromatic rings. The van der Waals surface area contributed by atoms with Crippen molar-refractivity contribution < 1.29 is 13.5 Å². The van der Waals surface area contributed by atoms with Crippen molar-refractivity contribution in [2.45, 2.75) is 19.5 Å². The Balaban J connectivity index is 1.94. The number of nitrogens with one attached hydrogen (secondary N) is 1. The lowest BCUT2D eigenvalue weighted by Gasteiger charge is -2.10. The summed E-state index contributed by atoms with van der Waals surface area (Å²) in [7, 11) is 1.63. The molecule has 0 atom stereocenters. The number of hydrogen-bond acceptors (Lipinski definition) is 2. The maximum Gasteiger partial charge on any atom is 0.263 e. The van der Waals surface area contributed by atoms with Gasteiger partial charge in [-0.25, -0.2) is 8.78 Å². The van der Waals surface area contributed by atoms with E-state index in [0.717, 1.165) is 16.9 Å². The van der Waals surface area contributed by atoms with Crippen LogP contribution in [0.15, 0.2) is 48.5 Å². The Bertz CT molecular complexity index is 558. The Morgan fingerprint density at radius 2 is 1.85 bits per heavy atom. The van der Waals surface area contributed by atoms with E-state index < -0.39 is 6.43 Å². The molecule has 0 aliphatic heterocycles. The van der Waals surface area contributed by atoms with Gasteiger partial charge in [0.1, 0.15) is 5.75 Å². The average molecular weight is 277 g/mol. The first-order valence-corrected chi connectivity index (χ1v) is 6.40. The summed E-state index contributed by atoms with van der Waals surface area (Å²) in [5.41, 5.74) is 1.94. The monoisotopic (exact) mass is 277 g/mol. The summed E-state index contributed by atoms with van der Waals surface area (Å²) >= 11 is 0. The van der Waals surface area contributed by atoms with Gasteiger partial charge >= 0.3 is 0 Å². The van der Waals surface area contributed by atoms with Gasteiger partial charge in [0.2, 0.25) is 0 Å². The molecule has 0 fully saturated rings. The summed E-state index contributed by atoms with van der Waals surface area (Å²) < 4.78 is 30.5. The Labute approximate surface area is 117 Å². The molecular formula is C16H17F2NO. The highest BCUT2D eigenvalue weighted by Crippen LogP contribution is 2.20. The van der Waals surface area contributed by atoms with Gasteiger partial charge in [-0.05, 0) is 17.7 Å². The lowest BCUT2D eigenvalue weighted by molar-refractivity contribution is 0.151. The van der Waals surface area contributed by atoms with Gasteiger partial charge in [0.05, 0.1) is 7.11 Å². The predicted molar refractivity (Wildman–Crippen MR) is 74.9 cm³/mol. The van der Waals surface area contributed by atoms with Crippen molar-refractivity contribution in [2.24, 2.45) is 0 Å². The molecule has 0 radical (unpaired) electrons. The lowest BCUT2D eigenvalue weighted by atomic mass is 10.1. The highest BCUT2D eigenvalue weighted by atomic mass is 19.3. The molecule has 0 spiro atoms. The number of alkyl halides is 2. The largest absolute Gasteiger partial charge is 0.496 e. The zero-order valence-corrected chi connectivity index (χ0v) is 11.3. The van der Waals surface area contributed by atoms with E-state index in [0.29, 0.717) is 13.1 Å². The number of benzene rings is 2. The molecular weight excluding hydrogens is 260 g/mol. The molecule has 0 amide bonds. The van der Waals surface area contributed by atoms with Gasteiger partial charge in [0.25, 0.3) is 6.43 Å². The quantitative estimate of drug-likeness (QED) is 0.864. The van der Waals surface area contributed by atoms with Crippen molar-refractivity contribution in [1.82, 2.24) is 5.32 Å². The van der Waals surface area contributed by atoms with Crippen molar-refractivity contribution in [3.8, 4) is 5.75 Å². The number of ether oxygens (including phenoxy) is 1. The molecule has 0 heterocycles. The Hall–Kier alpha value is -1.94. The van der Waals surface area contributed by atoms with E-state index in [-0.39, 0.29) is 5.56 Å². The molecule has 0 aliphatic rings. The van der Waals surface area contributed by atoms with Gasteiger partial charge in [-0.3, -0.25) is 0 Å². The van der Waals surface area contributed by atoms with E-state index in [4.69, 9.17) is 4.74 Å². The predicted octanol–water partition coefficient (Wildman–Crippen LogP) is 3.92. The molecule has 2 aromatic carbocycles. The first-order valence-electron chi connectivity index (χ1n) is 6.40. The second-order valence-electron chi connectivity index (χ2n) is 4.46. The zero-order chi connectivity index (χ0) is 14.4. The van der Waals surface area contributed by atoms with E-state index in [1.165, 1.54) is 12.1 Å². The standard InChI is InChI=1S/C16H17F2NO/c1-20-15-8-3-2-6-14(15)11-19-10-12-5-4-7-13(9-12)16(17)18/h2-9,16,19H,10-11H2,1H3. The molecule has 1 N–H and O–H groups in total. The fraction of sp³-hybridized carbons (Fsp3) is 0.250. The van der Waals surface area contributed by atoms with E-state index in [9.17, 15) is 8.78 Å². The Morgan fingerprint density at radius 1 is 1.05 bits per heavy atom. The molecule has 0 aliphatic carbocycles. The van der Waals surface area contributed by atoms with Crippen LogP contribution in [0.25, 0.3) is 0 Å². The number of halogens is 2. The van der Waals surface area contributed by atoms with Gasteiger partial charge < -0.3 is 10.1 Å². The summed E-state index contributed by atoms with van der Waals surface area (Å²) in [6.07, 6.45) is -2.43. The number of para-hydroxylation sites is 1. The first-order chi connectivity index (χ1) is 9.70. The highest BCUT2D eigenvalue weighted by Gasteiger charge is 2.07. The molecule has 0 saturated heterocycles. The summed E-state index contributed by atoms with van der Waals surface area (Å²) in [5, 5.41) is 3.23. The van der Waals surface area contributed by atoms with Gasteiger partial charge in [0, 0.05) is 24.2 Å². The maximum atomic E-state index is 12.6. The third-order valence-electron chi connectivity index (χ3n) is 3.04. The van der Waals surface area contributed by atoms with Crippen molar-refractivity contribution in [2.75, 3.05) is 7.11 Å². The first kappa shape index (κ1) is 14.5. The summed E-state index contributed by atoms with van der Waals surface area (Å²) in [6.45, 7) is 1.17. The van der Waals surface area contributed by atoms with Crippen molar-refractivity contribution in [3.05, 3.63) is 65.2 Å².